The van der Waals surface area contributed by atoms with E-state index in [0.717, 1.165) is 77.0 Å². The maximum absolute atomic E-state index is 12.4. The number of allylic oxidation sites excluding steroid dienone is 4. The standard InChI is InChI=1S/C31H59NO6S/c1-3-5-7-9-11-12-13-14-15-16-17-18-19-20-22-24-26-30(34)31(35)32-28(27-39(36,37)38)29(33)25-23-21-10-8-6-4-2/h11-12,14-15,28-30,33-34H,3-10,13,16-27H2,1-2H3,(H,32,35)(H,36,37,38)/b12-11-,15-14-. The van der Waals surface area contributed by atoms with Crippen LogP contribution in [0.15, 0.2) is 24.3 Å². The molecule has 0 aliphatic heterocycles. The first kappa shape index (κ1) is 37.8. The van der Waals surface area contributed by atoms with E-state index in [1.165, 1.54) is 25.7 Å². The summed E-state index contributed by atoms with van der Waals surface area (Å²) < 4.78 is 32.1. The van der Waals surface area contributed by atoms with Gasteiger partial charge in [-0.15, -0.1) is 0 Å². The molecule has 0 bridgehead atoms. The van der Waals surface area contributed by atoms with Crippen molar-refractivity contribution in [1.29, 1.82) is 0 Å². The van der Waals surface area contributed by atoms with Gasteiger partial charge in [-0.05, 0) is 44.9 Å². The SMILES string of the molecule is CCCCC/C=C\C/C=C\CCCCCCCCC(O)C(=O)NC(CS(=O)(=O)O)C(O)CCCCCCCC. The Morgan fingerprint density at radius 2 is 1.15 bits per heavy atom. The van der Waals surface area contributed by atoms with Gasteiger partial charge in [0.2, 0.25) is 5.91 Å². The molecule has 1 amide bonds. The molecule has 0 fully saturated rings. The maximum atomic E-state index is 12.4. The molecule has 3 unspecified atom stereocenters. The van der Waals surface area contributed by atoms with E-state index in [0.29, 0.717) is 19.3 Å². The molecule has 0 rings (SSSR count). The average Bonchev–Trinajstić information content (AvgIpc) is 2.88. The molecule has 0 aliphatic rings. The number of rotatable bonds is 27. The fraction of sp³-hybridized carbons (Fsp3) is 0.839. The summed E-state index contributed by atoms with van der Waals surface area (Å²) in [7, 11) is -4.39. The lowest BCUT2D eigenvalue weighted by Crippen LogP contribution is -2.50. The Labute approximate surface area is 239 Å². The third-order valence-electron chi connectivity index (χ3n) is 7.02. The second-order valence-electron chi connectivity index (χ2n) is 10.9. The first-order valence-electron chi connectivity index (χ1n) is 15.6. The molecule has 0 aromatic heterocycles. The molecule has 0 saturated carbocycles. The van der Waals surface area contributed by atoms with Gasteiger partial charge in [0.25, 0.3) is 10.1 Å². The normalized spacial score (nSPS) is 14.7. The predicted octanol–water partition coefficient (Wildman–Crippen LogP) is 7.04. The van der Waals surface area contributed by atoms with Crippen LogP contribution in [-0.4, -0.2) is 53.1 Å². The Balaban J connectivity index is 4.07. The number of nitrogens with one attached hydrogen (secondary N) is 1. The van der Waals surface area contributed by atoms with Gasteiger partial charge in [-0.25, -0.2) is 0 Å². The number of carbonyl (C=O) groups excluding carboxylic acids is 1. The number of aliphatic hydroxyl groups excluding tert-OH is 2. The number of aliphatic hydroxyl groups is 2. The van der Waals surface area contributed by atoms with E-state index < -0.39 is 40.0 Å². The van der Waals surface area contributed by atoms with Crippen LogP contribution >= 0.6 is 0 Å². The largest absolute Gasteiger partial charge is 0.391 e. The van der Waals surface area contributed by atoms with E-state index in [-0.39, 0.29) is 6.42 Å². The van der Waals surface area contributed by atoms with Crippen molar-refractivity contribution in [3.05, 3.63) is 24.3 Å². The molecule has 0 radical (unpaired) electrons. The molecule has 0 heterocycles. The fourth-order valence-electron chi connectivity index (χ4n) is 4.55. The molecular formula is C31H59NO6S. The molecule has 230 valence electrons. The van der Waals surface area contributed by atoms with Crippen LogP contribution in [0.2, 0.25) is 0 Å². The fourth-order valence-corrected chi connectivity index (χ4v) is 5.31. The second kappa shape index (κ2) is 25.7. The van der Waals surface area contributed by atoms with Gasteiger partial charge in [0, 0.05) is 0 Å². The van der Waals surface area contributed by atoms with Gasteiger partial charge in [-0.3, -0.25) is 9.35 Å². The molecule has 0 aliphatic carbocycles. The van der Waals surface area contributed by atoms with Crippen molar-refractivity contribution in [2.24, 2.45) is 0 Å². The van der Waals surface area contributed by atoms with Crippen LogP contribution in [0.3, 0.4) is 0 Å². The average molecular weight is 574 g/mol. The highest BCUT2D eigenvalue weighted by atomic mass is 32.2. The van der Waals surface area contributed by atoms with Gasteiger partial charge >= 0.3 is 0 Å². The molecule has 8 heteroatoms. The van der Waals surface area contributed by atoms with E-state index in [9.17, 15) is 28.0 Å². The first-order chi connectivity index (χ1) is 18.7. The number of amides is 1. The van der Waals surface area contributed by atoms with Crippen molar-refractivity contribution < 1.29 is 28.0 Å². The molecule has 0 aromatic carbocycles. The molecular weight excluding hydrogens is 514 g/mol. The lowest BCUT2D eigenvalue weighted by molar-refractivity contribution is -0.131. The Kier molecular flexibility index (Phi) is 24.9. The van der Waals surface area contributed by atoms with Crippen LogP contribution in [0, 0.1) is 0 Å². The summed E-state index contributed by atoms with van der Waals surface area (Å²) in [4.78, 5) is 12.4. The van der Waals surface area contributed by atoms with Crippen LogP contribution in [-0.2, 0) is 14.9 Å². The zero-order valence-corrected chi connectivity index (χ0v) is 25.7. The predicted molar refractivity (Wildman–Crippen MR) is 162 cm³/mol. The van der Waals surface area contributed by atoms with E-state index in [2.05, 4.69) is 43.5 Å². The van der Waals surface area contributed by atoms with Crippen LogP contribution in [0.5, 0.6) is 0 Å². The number of hydrogen-bond acceptors (Lipinski definition) is 5. The molecule has 4 N–H and O–H groups in total. The lowest BCUT2D eigenvalue weighted by atomic mass is 10.0. The quantitative estimate of drug-likeness (QED) is 0.0475. The lowest BCUT2D eigenvalue weighted by Gasteiger charge is -2.24. The van der Waals surface area contributed by atoms with E-state index in [4.69, 9.17) is 0 Å². The summed E-state index contributed by atoms with van der Waals surface area (Å²) in [5.41, 5.74) is 0. The topological polar surface area (TPSA) is 124 Å². The van der Waals surface area contributed by atoms with Gasteiger partial charge < -0.3 is 15.5 Å². The highest BCUT2D eigenvalue weighted by molar-refractivity contribution is 7.85. The minimum absolute atomic E-state index is 0.284. The zero-order valence-electron chi connectivity index (χ0n) is 24.9. The molecule has 0 saturated heterocycles. The maximum Gasteiger partial charge on any atom is 0.266 e. The molecule has 0 aromatic rings. The molecule has 3 atom stereocenters. The van der Waals surface area contributed by atoms with Gasteiger partial charge in [0.15, 0.2) is 0 Å². The first-order valence-corrected chi connectivity index (χ1v) is 17.2. The van der Waals surface area contributed by atoms with E-state index >= 15 is 0 Å². The summed E-state index contributed by atoms with van der Waals surface area (Å²) in [6.45, 7) is 4.36. The third kappa shape index (κ3) is 25.5. The zero-order chi connectivity index (χ0) is 29.2. The number of unbranched alkanes of at least 4 members (excludes halogenated alkanes) is 14. The third-order valence-corrected chi connectivity index (χ3v) is 7.80. The Bertz CT molecular complexity index is 737. The molecule has 7 nitrogen and oxygen atoms in total. The molecule has 39 heavy (non-hydrogen) atoms. The van der Waals surface area contributed by atoms with Crippen LogP contribution in [0.1, 0.15) is 142 Å². The Morgan fingerprint density at radius 3 is 1.72 bits per heavy atom. The minimum atomic E-state index is -4.39. The van der Waals surface area contributed by atoms with Crippen molar-refractivity contribution in [2.45, 2.75) is 161 Å². The van der Waals surface area contributed by atoms with Crippen molar-refractivity contribution >= 4 is 16.0 Å². The summed E-state index contributed by atoms with van der Waals surface area (Å²) in [5, 5.41) is 23.1. The summed E-state index contributed by atoms with van der Waals surface area (Å²) in [5.74, 6) is -1.47. The van der Waals surface area contributed by atoms with Gasteiger partial charge in [0.05, 0.1) is 17.9 Å². The highest BCUT2D eigenvalue weighted by Gasteiger charge is 2.28. The smallest absolute Gasteiger partial charge is 0.266 e. The van der Waals surface area contributed by atoms with E-state index in [1.807, 2.05) is 0 Å². The Morgan fingerprint density at radius 1 is 0.692 bits per heavy atom. The highest BCUT2D eigenvalue weighted by Crippen LogP contribution is 2.14. The van der Waals surface area contributed by atoms with Crippen molar-refractivity contribution in [1.82, 2.24) is 5.32 Å². The van der Waals surface area contributed by atoms with Crippen molar-refractivity contribution in [3.8, 4) is 0 Å². The molecule has 0 spiro atoms. The van der Waals surface area contributed by atoms with Crippen LogP contribution in [0.4, 0.5) is 0 Å². The van der Waals surface area contributed by atoms with Crippen LogP contribution < -0.4 is 5.32 Å². The summed E-state index contributed by atoms with van der Waals surface area (Å²) in [6.07, 6.45) is 26.6. The minimum Gasteiger partial charge on any atom is -0.391 e. The summed E-state index contributed by atoms with van der Waals surface area (Å²) >= 11 is 0. The van der Waals surface area contributed by atoms with Gasteiger partial charge in [-0.1, -0.05) is 122 Å². The van der Waals surface area contributed by atoms with Gasteiger partial charge in [0.1, 0.15) is 6.10 Å². The van der Waals surface area contributed by atoms with Crippen LogP contribution in [0.25, 0.3) is 0 Å². The summed E-state index contributed by atoms with van der Waals surface area (Å²) in [6, 6.07) is -1.14. The second-order valence-corrected chi connectivity index (χ2v) is 12.4. The van der Waals surface area contributed by atoms with E-state index in [1.54, 1.807) is 0 Å². The Hall–Kier alpha value is -1.22. The van der Waals surface area contributed by atoms with Crippen molar-refractivity contribution in [3.63, 3.8) is 0 Å². The van der Waals surface area contributed by atoms with Crippen molar-refractivity contribution in [2.75, 3.05) is 5.75 Å². The van der Waals surface area contributed by atoms with Gasteiger partial charge in [-0.2, -0.15) is 8.42 Å². The number of hydrogen-bond donors (Lipinski definition) is 4. The monoisotopic (exact) mass is 573 g/mol. The number of carbonyl (C=O) groups is 1.